The van der Waals surface area contributed by atoms with Gasteiger partial charge in [0.25, 0.3) is 10.1 Å². The van der Waals surface area contributed by atoms with Gasteiger partial charge in [-0.2, -0.15) is 8.42 Å². The largest absolute Gasteiger partial charge is 0.299 e. The third kappa shape index (κ3) is 1.92. The fourth-order valence-electron chi connectivity index (χ4n) is 3.57. The van der Waals surface area contributed by atoms with Gasteiger partial charge < -0.3 is 0 Å². The summed E-state index contributed by atoms with van der Waals surface area (Å²) < 4.78 is 80.7. The highest BCUT2D eigenvalue weighted by Crippen LogP contribution is 2.64. The second-order valence-corrected chi connectivity index (χ2v) is 7.35. The van der Waals surface area contributed by atoms with Crippen molar-refractivity contribution in [3.63, 3.8) is 0 Å². The standard InChI is InChI=1S/C13H22O4S/c1-9(2)17-18(15,16)8-13-6-5-10(7-11(13)14)12(13,3)4/h9-10H,5-8H2,1-4H3/i1D3,2D3,9D. The van der Waals surface area contributed by atoms with Crippen molar-refractivity contribution in [1.82, 2.24) is 0 Å². The molecule has 2 bridgehead atoms. The molecule has 0 aromatic carbocycles. The van der Waals surface area contributed by atoms with Gasteiger partial charge >= 0.3 is 0 Å². The summed E-state index contributed by atoms with van der Waals surface area (Å²) in [5.41, 5.74) is -1.86. The molecule has 0 aromatic heterocycles. The highest BCUT2D eigenvalue weighted by molar-refractivity contribution is 7.86. The van der Waals surface area contributed by atoms with Crippen LogP contribution in [0.3, 0.4) is 0 Å². The molecule has 0 N–H and O–H groups in total. The Balaban J connectivity index is 2.39. The van der Waals surface area contributed by atoms with Crippen molar-refractivity contribution in [3.8, 4) is 0 Å². The molecule has 0 saturated heterocycles. The summed E-state index contributed by atoms with van der Waals surface area (Å²) >= 11 is 0. The van der Waals surface area contributed by atoms with Crippen molar-refractivity contribution in [2.24, 2.45) is 16.7 Å². The zero-order valence-corrected chi connectivity index (χ0v) is 11.3. The van der Waals surface area contributed by atoms with Gasteiger partial charge in [0.15, 0.2) is 0 Å². The zero-order valence-electron chi connectivity index (χ0n) is 17.4. The third-order valence-corrected chi connectivity index (χ3v) is 6.04. The molecule has 2 aliphatic carbocycles. The monoisotopic (exact) mass is 281 g/mol. The topological polar surface area (TPSA) is 60.4 Å². The quantitative estimate of drug-likeness (QED) is 0.741. The Morgan fingerprint density at radius 3 is 2.67 bits per heavy atom. The molecule has 4 nitrogen and oxygen atoms in total. The van der Waals surface area contributed by atoms with Crippen molar-refractivity contribution in [2.45, 2.75) is 52.9 Å². The molecular formula is C13H22O4S. The van der Waals surface area contributed by atoms with Crippen molar-refractivity contribution in [1.29, 1.82) is 0 Å². The lowest BCUT2D eigenvalue weighted by atomic mass is 9.70. The lowest BCUT2D eigenvalue weighted by Crippen LogP contribution is -2.42. The van der Waals surface area contributed by atoms with E-state index in [1.807, 2.05) is 0 Å². The number of hydrogen-bond donors (Lipinski definition) is 0. The number of carbonyl (C=O) groups excluding carboxylic acids is 1. The van der Waals surface area contributed by atoms with Gasteiger partial charge in [-0.05, 0) is 37.9 Å². The van der Waals surface area contributed by atoms with Crippen LogP contribution >= 0.6 is 0 Å². The summed E-state index contributed by atoms with van der Waals surface area (Å²) in [5.74, 6) is -1.02. The number of fused-ring (bicyclic) bond motifs is 2. The second kappa shape index (κ2) is 4.04. The van der Waals surface area contributed by atoms with Crippen LogP contribution in [0.4, 0.5) is 0 Å². The van der Waals surface area contributed by atoms with Crippen LogP contribution in [0.15, 0.2) is 0 Å². The maximum atomic E-state index is 12.5. The van der Waals surface area contributed by atoms with Gasteiger partial charge in [-0.25, -0.2) is 0 Å². The Morgan fingerprint density at radius 2 is 2.22 bits per heavy atom. The summed E-state index contributed by atoms with van der Waals surface area (Å²) in [6, 6.07) is 0. The van der Waals surface area contributed by atoms with Gasteiger partial charge in [0.1, 0.15) is 5.78 Å². The van der Waals surface area contributed by atoms with Crippen molar-refractivity contribution < 1.29 is 27.0 Å². The second-order valence-electron chi connectivity index (χ2n) is 5.78. The normalized spacial score (nSPS) is 42.2. The van der Waals surface area contributed by atoms with Crippen LogP contribution in [0, 0.1) is 16.7 Å². The highest BCUT2D eigenvalue weighted by atomic mass is 32.2. The first-order chi connectivity index (χ1) is 10.9. The Hall–Kier alpha value is -0.420. The third-order valence-electron chi connectivity index (χ3n) is 4.77. The Labute approximate surface area is 119 Å². The molecule has 0 heterocycles. The van der Waals surface area contributed by atoms with Crippen LogP contribution in [-0.4, -0.2) is 26.0 Å². The van der Waals surface area contributed by atoms with Gasteiger partial charge in [-0.1, -0.05) is 13.8 Å². The Bertz CT molecular complexity index is 665. The van der Waals surface area contributed by atoms with Gasteiger partial charge in [-0.3, -0.25) is 8.98 Å². The average Bonchev–Trinajstić information content (AvgIpc) is 2.68. The minimum Gasteiger partial charge on any atom is -0.299 e. The molecule has 0 aromatic rings. The minimum atomic E-state index is -4.77. The molecule has 104 valence electrons. The van der Waals surface area contributed by atoms with E-state index in [2.05, 4.69) is 4.18 Å². The fourth-order valence-corrected chi connectivity index (χ4v) is 5.16. The number of hydrogen-bond acceptors (Lipinski definition) is 4. The van der Waals surface area contributed by atoms with E-state index in [0.29, 0.717) is 12.8 Å². The van der Waals surface area contributed by atoms with Crippen LogP contribution < -0.4 is 0 Å². The molecule has 2 saturated carbocycles. The van der Waals surface area contributed by atoms with E-state index in [9.17, 15) is 13.2 Å². The number of rotatable bonds is 4. The highest BCUT2D eigenvalue weighted by Gasteiger charge is 2.65. The molecule has 5 heteroatoms. The van der Waals surface area contributed by atoms with Gasteiger partial charge in [0, 0.05) is 14.6 Å². The van der Waals surface area contributed by atoms with Gasteiger partial charge in [-0.15, -0.1) is 0 Å². The Morgan fingerprint density at radius 1 is 1.56 bits per heavy atom. The summed E-state index contributed by atoms with van der Waals surface area (Å²) in [6.45, 7) is -3.47. The fraction of sp³-hybridized carbons (Fsp3) is 0.923. The first kappa shape index (κ1) is 7.39. The SMILES string of the molecule is [2H]C([2H])([2H])C([2H])(OS(=O)(=O)CC12CCC(CC1=O)C2(C)C)C([2H])([2H])[2H]. The van der Waals surface area contributed by atoms with E-state index in [4.69, 9.17) is 9.60 Å². The molecular weight excluding hydrogens is 252 g/mol. The van der Waals surface area contributed by atoms with E-state index in [1.165, 1.54) is 0 Å². The lowest BCUT2D eigenvalue weighted by Gasteiger charge is -2.35. The molecule has 2 atom stereocenters. The smallest absolute Gasteiger partial charge is 0.268 e. The van der Waals surface area contributed by atoms with Crippen LogP contribution in [0.5, 0.6) is 0 Å². The molecule has 2 rings (SSSR count). The molecule has 18 heavy (non-hydrogen) atoms. The van der Waals surface area contributed by atoms with Gasteiger partial charge in [0.2, 0.25) is 0 Å². The number of carbonyl (C=O) groups is 1. The van der Waals surface area contributed by atoms with E-state index < -0.39 is 46.5 Å². The maximum absolute atomic E-state index is 12.5. The predicted octanol–water partition coefficient (Wildman–Crippen LogP) is 2.14. The lowest BCUT2D eigenvalue weighted by molar-refractivity contribution is -0.128. The Kier molecular flexibility index (Phi) is 1.66. The molecule has 0 radical (unpaired) electrons. The minimum absolute atomic E-state index is 0.0289. The molecule has 2 aliphatic rings. The summed E-state index contributed by atoms with van der Waals surface area (Å²) in [6.07, 6.45) is -2.40. The summed E-state index contributed by atoms with van der Waals surface area (Å²) in [7, 11) is -4.77. The average molecular weight is 281 g/mol. The van der Waals surface area contributed by atoms with Crippen LogP contribution in [0.1, 0.15) is 56.4 Å². The zero-order chi connectivity index (χ0) is 19.7. The van der Waals surface area contributed by atoms with Gasteiger partial charge in [0.05, 0.1) is 18.6 Å². The molecule has 0 aliphatic heterocycles. The van der Waals surface area contributed by atoms with Crippen molar-refractivity contribution in [3.05, 3.63) is 0 Å². The predicted molar refractivity (Wildman–Crippen MR) is 68.6 cm³/mol. The molecule has 0 amide bonds. The van der Waals surface area contributed by atoms with Crippen LogP contribution in [-0.2, 0) is 19.1 Å². The first-order valence-corrected chi connectivity index (χ1v) is 7.44. The molecule has 2 unspecified atom stereocenters. The number of ketones is 1. The number of Topliss-reactive ketones (excluding diaryl/α,β-unsaturated/α-hetero) is 1. The van der Waals surface area contributed by atoms with Crippen molar-refractivity contribution in [2.75, 3.05) is 5.75 Å². The molecule has 2 fully saturated rings. The van der Waals surface area contributed by atoms with E-state index in [0.717, 1.165) is 0 Å². The van der Waals surface area contributed by atoms with E-state index >= 15 is 0 Å². The van der Waals surface area contributed by atoms with E-state index in [-0.39, 0.29) is 18.1 Å². The summed E-state index contributed by atoms with van der Waals surface area (Å²) in [5, 5.41) is 0. The van der Waals surface area contributed by atoms with Crippen LogP contribution in [0.2, 0.25) is 0 Å². The maximum Gasteiger partial charge on any atom is 0.268 e. The summed E-state index contributed by atoms with van der Waals surface area (Å²) in [4.78, 5) is 12.4. The molecule has 0 spiro atoms. The van der Waals surface area contributed by atoms with Crippen molar-refractivity contribution >= 4 is 15.9 Å². The van der Waals surface area contributed by atoms with E-state index in [1.54, 1.807) is 13.8 Å². The van der Waals surface area contributed by atoms with Crippen LogP contribution in [0.25, 0.3) is 0 Å². The first-order valence-electron chi connectivity index (χ1n) is 9.36.